The van der Waals surface area contributed by atoms with Crippen molar-refractivity contribution in [2.75, 3.05) is 18.5 Å². The number of amides is 1. The maximum absolute atomic E-state index is 11.7. The Morgan fingerprint density at radius 3 is 2.56 bits per heavy atom. The third-order valence-electron chi connectivity index (χ3n) is 3.00. The molecule has 1 aromatic carbocycles. The molecule has 0 atom stereocenters. The number of rotatable bonds is 7. The number of aromatic nitrogens is 2. The van der Waals surface area contributed by atoms with Gasteiger partial charge in [-0.1, -0.05) is 0 Å². The molecule has 1 heterocycles. The molecule has 0 bridgehead atoms. The first kappa shape index (κ1) is 18.7. The van der Waals surface area contributed by atoms with Gasteiger partial charge in [-0.25, -0.2) is 14.8 Å². The molecule has 2 aromatic rings. The summed E-state index contributed by atoms with van der Waals surface area (Å²) in [5, 5.41) is 5.92. The van der Waals surface area contributed by atoms with Crippen LogP contribution < -0.4 is 15.4 Å². The number of hydrogen-bond acceptors (Lipinski definition) is 6. The normalized spacial score (nSPS) is 11.0. The Hall–Kier alpha value is -2.67. The molecule has 7 nitrogen and oxygen atoms in total. The van der Waals surface area contributed by atoms with E-state index in [4.69, 9.17) is 9.47 Å². The van der Waals surface area contributed by atoms with Gasteiger partial charge in [-0.05, 0) is 51.1 Å². The molecule has 2 N–H and O–H groups in total. The summed E-state index contributed by atoms with van der Waals surface area (Å²) in [7, 11) is 0. The third kappa shape index (κ3) is 7.63. The van der Waals surface area contributed by atoms with Gasteiger partial charge in [-0.15, -0.1) is 0 Å². The molecule has 0 spiro atoms. The molecular weight excluding hydrogens is 320 g/mol. The average molecular weight is 344 g/mol. The van der Waals surface area contributed by atoms with E-state index in [0.29, 0.717) is 25.4 Å². The third-order valence-corrected chi connectivity index (χ3v) is 3.00. The minimum Gasteiger partial charge on any atom is -0.492 e. The lowest BCUT2D eigenvalue weighted by molar-refractivity contribution is 0.0636. The molecule has 25 heavy (non-hydrogen) atoms. The summed E-state index contributed by atoms with van der Waals surface area (Å²) in [5.41, 5.74) is 1.07. The first-order valence-electron chi connectivity index (χ1n) is 8.11. The lowest BCUT2D eigenvalue weighted by Gasteiger charge is -2.19. The number of carbonyl (C=O) groups is 1. The van der Waals surface area contributed by atoms with E-state index >= 15 is 0 Å². The molecule has 134 valence electrons. The van der Waals surface area contributed by atoms with Crippen LogP contribution in [-0.2, 0) is 11.3 Å². The van der Waals surface area contributed by atoms with Gasteiger partial charge in [0.2, 0.25) is 0 Å². The lowest BCUT2D eigenvalue weighted by atomic mass is 10.2. The number of anilines is 1. The largest absolute Gasteiger partial charge is 0.492 e. The van der Waals surface area contributed by atoms with Gasteiger partial charge in [-0.3, -0.25) is 5.32 Å². The fourth-order valence-corrected chi connectivity index (χ4v) is 1.94. The number of ether oxygens (including phenoxy) is 2. The summed E-state index contributed by atoms with van der Waals surface area (Å²) in [6.07, 6.45) is 2.77. The van der Waals surface area contributed by atoms with Crippen LogP contribution in [0.4, 0.5) is 10.5 Å². The highest BCUT2D eigenvalue weighted by Gasteiger charge is 2.16. The summed E-state index contributed by atoms with van der Waals surface area (Å²) >= 11 is 0. The quantitative estimate of drug-likeness (QED) is 0.751. The summed E-state index contributed by atoms with van der Waals surface area (Å²) in [6, 6.07) is 9.01. The van der Waals surface area contributed by atoms with Crippen molar-refractivity contribution in [3.8, 4) is 5.75 Å². The molecule has 0 aliphatic heterocycles. The molecule has 0 saturated heterocycles. The van der Waals surface area contributed by atoms with Crippen molar-refractivity contribution >= 4 is 11.8 Å². The number of carbonyl (C=O) groups excluding carboxylic acids is 1. The predicted molar refractivity (Wildman–Crippen MR) is 95.5 cm³/mol. The van der Waals surface area contributed by atoms with Crippen molar-refractivity contribution in [3.63, 3.8) is 0 Å². The number of nitrogens with zero attached hydrogens (tertiary/aromatic N) is 2. The lowest BCUT2D eigenvalue weighted by Crippen LogP contribution is -2.27. The fraction of sp³-hybridized carbons (Fsp3) is 0.389. The highest BCUT2D eigenvalue weighted by atomic mass is 16.6. The molecule has 0 saturated carbocycles. The molecule has 7 heteroatoms. The van der Waals surface area contributed by atoms with Crippen LogP contribution in [0.2, 0.25) is 0 Å². The van der Waals surface area contributed by atoms with Crippen LogP contribution in [0.15, 0.2) is 42.9 Å². The summed E-state index contributed by atoms with van der Waals surface area (Å²) in [4.78, 5) is 19.7. The number of nitrogens with one attached hydrogen (secondary N) is 2. The number of hydrogen-bond donors (Lipinski definition) is 2. The Balaban J connectivity index is 1.67. The summed E-state index contributed by atoms with van der Waals surface area (Å²) < 4.78 is 10.8. The second kappa shape index (κ2) is 8.98. The zero-order valence-corrected chi connectivity index (χ0v) is 14.8. The van der Waals surface area contributed by atoms with E-state index in [0.717, 1.165) is 11.4 Å². The van der Waals surface area contributed by atoms with Gasteiger partial charge in [0.1, 0.15) is 24.3 Å². The molecular formula is C18H24N4O3. The molecule has 0 aliphatic rings. The first-order chi connectivity index (χ1) is 11.9. The van der Waals surface area contributed by atoms with Gasteiger partial charge in [0, 0.05) is 25.0 Å². The van der Waals surface area contributed by atoms with Gasteiger partial charge in [0.15, 0.2) is 0 Å². The second-order valence-electron chi connectivity index (χ2n) is 6.38. The molecule has 1 aromatic heterocycles. The molecule has 0 fully saturated rings. The van der Waals surface area contributed by atoms with Crippen molar-refractivity contribution < 1.29 is 14.3 Å². The van der Waals surface area contributed by atoms with Crippen molar-refractivity contribution in [2.45, 2.75) is 32.9 Å². The molecule has 0 aliphatic carbocycles. The maximum atomic E-state index is 11.7. The maximum Gasteiger partial charge on any atom is 0.412 e. The van der Waals surface area contributed by atoms with Gasteiger partial charge in [-0.2, -0.15) is 0 Å². The topological polar surface area (TPSA) is 85.4 Å². The Kier molecular flexibility index (Phi) is 6.71. The van der Waals surface area contributed by atoms with Gasteiger partial charge >= 0.3 is 6.09 Å². The molecule has 0 radical (unpaired) electrons. The van der Waals surface area contributed by atoms with E-state index in [2.05, 4.69) is 20.6 Å². The standard InChI is InChI=1S/C18H24N4O3/c1-18(2,3)25-17(23)22-14-4-6-16(7-5-14)24-11-10-19-12-15-8-9-20-13-21-15/h4-9,13,19H,10-12H2,1-3H3,(H,22,23). The second-order valence-corrected chi connectivity index (χ2v) is 6.38. The predicted octanol–water partition coefficient (Wildman–Crippen LogP) is 2.99. The van der Waals surface area contributed by atoms with E-state index in [9.17, 15) is 4.79 Å². The zero-order chi connectivity index (χ0) is 18.1. The average Bonchev–Trinajstić information content (AvgIpc) is 2.55. The van der Waals surface area contributed by atoms with Crippen molar-refractivity contribution in [3.05, 3.63) is 48.5 Å². The van der Waals surface area contributed by atoms with Gasteiger partial charge in [0.05, 0.1) is 5.69 Å². The first-order valence-corrected chi connectivity index (χ1v) is 8.11. The summed E-state index contributed by atoms with van der Waals surface area (Å²) in [5.74, 6) is 0.735. The zero-order valence-electron chi connectivity index (χ0n) is 14.8. The number of benzene rings is 1. The van der Waals surface area contributed by atoms with E-state index < -0.39 is 11.7 Å². The SMILES string of the molecule is CC(C)(C)OC(=O)Nc1ccc(OCCNCc2ccncn2)cc1. The van der Waals surface area contributed by atoms with Gasteiger partial charge < -0.3 is 14.8 Å². The van der Waals surface area contributed by atoms with Gasteiger partial charge in [0.25, 0.3) is 0 Å². The van der Waals surface area contributed by atoms with E-state index in [-0.39, 0.29) is 0 Å². The van der Waals surface area contributed by atoms with Crippen LogP contribution in [-0.4, -0.2) is 34.8 Å². The Labute approximate surface area is 147 Å². The minimum atomic E-state index is -0.522. The Morgan fingerprint density at radius 1 is 1.16 bits per heavy atom. The van der Waals surface area contributed by atoms with Crippen LogP contribution in [0.5, 0.6) is 5.75 Å². The van der Waals surface area contributed by atoms with E-state index in [1.807, 2.05) is 26.8 Å². The van der Waals surface area contributed by atoms with Crippen molar-refractivity contribution in [2.24, 2.45) is 0 Å². The van der Waals surface area contributed by atoms with E-state index in [1.165, 1.54) is 6.33 Å². The smallest absolute Gasteiger partial charge is 0.412 e. The van der Waals surface area contributed by atoms with Crippen LogP contribution in [0.3, 0.4) is 0 Å². The van der Waals surface area contributed by atoms with E-state index in [1.54, 1.807) is 30.5 Å². The fourth-order valence-electron chi connectivity index (χ4n) is 1.94. The highest BCUT2D eigenvalue weighted by molar-refractivity contribution is 5.84. The highest BCUT2D eigenvalue weighted by Crippen LogP contribution is 2.16. The monoisotopic (exact) mass is 344 g/mol. The minimum absolute atomic E-state index is 0.477. The molecule has 1 amide bonds. The van der Waals surface area contributed by atoms with Crippen LogP contribution in [0.25, 0.3) is 0 Å². The Morgan fingerprint density at radius 2 is 1.92 bits per heavy atom. The molecule has 2 rings (SSSR count). The van der Waals surface area contributed by atoms with Crippen LogP contribution in [0, 0.1) is 0 Å². The summed E-state index contributed by atoms with van der Waals surface area (Å²) in [6.45, 7) is 7.36. The van der Waals surface area contributed by atoms with Crippen LogP contribution >= 0.6 is 0 Å². The van der Waals surface area contributed by atoms with Crippen molar-refractivity contribution in [1.29, 1.82) is 0 Å². The Bertz CT molecular complexity index is 654. The molecule has 0 unspecified atom stereocenters. The van der Waals surface area contributed by atoms with Crippen molar-refractivity contribution in [1.82, 2.24) is 15.3 Å². The van der Waals surface area contributed by atoms with Crippen LogP contribution in [0.1, 0.15) is 26.5 Å².